The molecule has 1 rings (SSSR count). The summed E-state index contributed by atoms with van der Waals surface area (Å²) in [5.41, 5.74) is 10.6. The Labute approximate surface area is 84.0 Å². The van der Waals surface area contributed by atoms with Crippen molar-refractivity contribution in [1.29, 1.82) is 0 Å². The van der Waals surface area contributed by atoms with Crippen molar-refractivity contribution < 1.29 is 9.90 Å². The molecule has 3 unspecified atom stereocenters. The molecule has 0 bridgehead atoms. The van der Waals surface area contributed by atoms with E-state index in [4.69, 9.17) is 16.6 Å². The third-order valence-electron chi connectivity index (χ3n) is 2.98. The summed E-state index contributed by atoms with van der Waals surface area (Å²) < 4.78 is 0. The number of hydrogen-bond acceptors (Lipinski definition) is 4. The molecule has 0 aliphatic carbocycles. The summed E-state index contributed by atoms with van der Waals surface area (Å²) in [4.78, 5) is 12.8. The van der Waals surface area contributed by atoms with E-state index in [2.05, 4.69) is 6.92 Å². The summed E-state index contributed by atoms with van der Waals surface area (Å²) in [6, 6.07) is -0.505. The SMILES string of the molecule is CC1CCN(CC(N)C(N)=O)C1CO. The van der Waals surface area contributed by atoms with Crippen LogP contribution >= 0.6 is 0 Å². The van der Waals surface area contributed by atoms with Gasteiger partial charge < -0.3 is 16.6 Å². The second-order valence-electron chi connectivity index (χ2n) is 4.02. The van der Waals surface area contributed by atoms with Crippen molar-refractivity contribution in [2.75, 3.05) is 19.7 Å². The van der Waals surface area contributed by atoms with Crippen LogP contribution in [0.5, 0.6) is 0 Å². The molecule has 82 valence electrons. The molecule has 0 aromatic carbocycles. The van der Waals surface area contributed by atoms with Gasteiger partial charge in [0.15, 0.2) is 0 Å². The topological polar surface area (TPSA) is 92.6 Å². The monoisotopic (exact) mass is 201 g/mol. The zero-order valence-electron chi connectivity index (χ0n) is 8.52. The summed E-state index contributed by atoms with van der Waals surface area (Å²) in [5, 5.41) is 9.16. The highest BCUT2D eigenvalue weighted by atomic mass is 16.3. The Kier molecular flexibility index (Phi) is 3.86. The van der Waals surface area contributed by atoms with Gasteiger partial charge >= 0.3 is 0 Å². The van der Waals surface area contributed by atoms with Gasteiger partial charge in [-0.3, -0.25) is 9.69 Å². The number of aliphatic hydroxyl groups is 1. The van der Waals surface area contributed by atoms with Gasteiger partial charge in [0.2, 0.25) is 5.91 Å². The van der Waals surface area contributed by atoms with Gasteiger partial charge in [-0.2, -0.15) is 0 Å². The third kappa shape index (κ3) is 2.43. The van der Waals surface area contributed by atoms with E-state index in [1.165, 1.54) is 0 Å². The van der Waals surface area contributed by atoms with Gasteiger partial charge in [-0.25, -0.2) is 0 Å². The summed E-state index contributed by atoms with van der Waals surface area (Å²) in [6.45, 7) is 3.54. The maximum Gasteiger partial charge on any atom is 0.235 e. The van der Waals surface area contributed by atoms with Gasteiger partial charge in [-0.1, -0.05) is 6.92 Å². The minimum atomic E-state index is -0.630. The Balaban J connectivity index is 2.48. The quantitative estimate of drug-likeness (QED) is 0.516. The van der Waals surface area contributed by atoms with E-state index in [1.807, 2.05) is 4.90 Å². The number of carbonyl (C=O) groups is 1. The molecule has 0 saturated carbocycles. The average Bonchev–Trinajstić information content (AvgIpc) is 2.46. The lowest BCUT2D eigenvalue weighted by atomic mass is 10.0. The van der Waals surface area contributed by atoms with Crippen LogP contribution in [0.2, 0.25) is 0 Å². The molecule has 14 heavy (non-hydrogen) atoms. The molecule has 1 fully saturated rings. The molecule has 3 atom stereocenters. The van der Waals surface area contributed by atoms with E-state index < -0.39 is 11.9 Å². The molecule has 0 aromatic rings. The van der Waals surface area contributed by atoms with E-state index in [1.54, 1.807) is 0 Å². The van der Waals surface area contributed by atoms with Gasteiger partial charge in [0.25, 0.3) is 0 Å². The van der Waals surface area contributed by atoms with E-state index in [0.717, 1.165) is 13.0 Å². The number of amides is 1. The second-order valence-corrected chi connectivity index (χ2v) is 4.02. The highest BCUT2D eigenvalue weighted by molar-refractivity contribution is 5.79. The first-order valence-corrected chi connectivity index (χ1v) is 4.96. The second kappa shape index (κ2) is 4.72. The predicted octanol–water partition coefficient (Wildman–Crippen LogP) is -1.50. The molecule has 1 amide bonds. The van der Waals surface area contributed by atoms with Gasteiger partial charge in [-0.05, 0) is 18.9 Å². The normalized spacial score (nSPS) is 30.5. The first kappa shape index (κ1) is 11.4. The lowest BCUT2D eigenvalue weighted by Crippen LogP contribution is -2.48. The first-order chi connectivity index (χ1) is 6.56. The Bertz CT molecular complexity index is 210. The van der Waals surface area contributed by atoms with Crippen molar-refractivity contribution in [3.8, 4) is 0 Å². The first-order valence-electron chi connectivity index (χ1n) is 4.96. The Hall–Kier alpha value is -0.650. The fraction of sp³-hybridized carbons (Fsp3) is 0.889. The van der Waals surface area contributed by atoms with E-state index >= 15 is 0 Å². The van der Waals surface area contributed by atoms with E-state index in [0.29, 0.717) is 12.5 Å². The van der Waals surface area contributed by atoms with Crippen LogP contribution in [0.1, 0.15) is 13.3 Å². The number of likely N-dealkylation sites (tertiary alicyclic amines) is 1. The number of hydrogen-bond donors (Lipinski definition) is 3. The van der Waals surface area contributed by atoms with Crippen molar-refractivity contribution >= 4 is 5.91 Å². The number of aliphatic hydroxyl groups excluding tert-OH is 1. The van der Waals surface area contributed by atoms with Crippen LogP contribution in [0, 0.1) is 5.92 Å². The lowest BCUT2D eigenvalue weighted by molar-refractivity contribution is -0.119. The summed E-state index contributed by atoms with van der Waals surface area (Å²) in [5.74, 6) is -0.0266. The molecular formula is C9H19N3O2. The zero-order chi connectivity index (χ0) is 10.7. The summed E-state index contributed by atoms with van der Waals surface area (Å²) in [6.07, 6.45) is 1.04. The Morgan fingerprint density at radius 3 is 2.86 bits per heavy atom. The fourth-order valence-electron chi connectivity index (χ4n) is 1.95. The van der Waals surface area contributed by atoms with E-state index in [9.17, 15) is 4.79 Å². The van der Waals surface area contributed by atoms with Crippen LogP contribution in [0.15, 0.2) is 0 Å². The molecule has 1 heterocycles. The van der Waals surface area contributed by atoms with Crippen LogP contribution in [0.4, 0.5) is 0 Å². The molecule has 0 spiro atoms. The highest BCUT2D eigenvalue weighted by Gasteiger charge is 2.31. The minimum absolute atomic E-state index is 0.118. The van der Waals surface area contributed by atoms with Crippen molar-refractivity contribution in [2.45, 2.75) is 25.4 Å². The number of nitrogens with zero attached hydrogens (tertiary/aromatic N) is 1. The number of primary amides is 1. The van der Waals surface area contributed by atoms with Gasteiger partial charge in [0.05, 0.1) is 12.6 Å². The smallest absolute Gasteiger partial charge is 0.235 e. The molecule has 0 aromatic heterocycles. The van der Waals surface area contributed by atoms with Crippen LogP contribution in [0.25, 0.3) is 0 Å². The molecular weight excluding hydrogens is 182 g/mol. The minimum Gasteiger partial charge on any atom is -0.395 e. The average molecular weight is 201 g/mol. The summed E-state index contributed by atoms with van der Waals surface area (Å²) in [7, 11) is 0. The Morgan fingerprint density at radius 1 is 1.71 bits per heavy atom. The summed E-state index contributed by atoms with van der Waals surface area (Å²) >= 11 is 0. The van der Waals surface area contributed by atoms with Crippen LogP contribution in [-0.4, -0.2) is 47.7 Å². The largest absolute Gasteiger partial charge is 0.395 e. The molecule has 5 nitrogen and oxygen atoms in total. The molecule has 1 aliphatic rings. The van der Waals surface area contributed by atoms with Crippen molar-refractivity contribution in [2.24, 2.45) is 17.4 Å². The molecule has 1 aliphatic heterocycles. The predicted molar refractivity (Wildman–Crippen MR) is 53.4 cm³/mol. The third-order valence-corrected chi connectivity index (χ3v) is 2.98. The molecule has 0 radical (unpaired) electrons. The fourth-order valence-corrected chi connectivity index (χ4v) is 1.95. The number of rotatable bonds is 4. The van der Waals surface area contributed by atoms with Crippen molar-refractivity contribution in [3.05, 3.63) is 0 Å². The van der Waals surface area contributed by atoms with Crippen molar-refractivity contribution in [3.63, 3.8) is 0 Å². The van der Waals surface area contributed by atoms with E-state index in [-0.39, 0.29) is 12.6 Å². The molecule has 5 heteroatoms. The van der Waals surface area contributed by atoms with Crippen LogP contribution in [0.3, 0.4) is 0 Å². The highest BCUT2D eigenvalue weighted by Crippen LogP contribution is 2.23. The van der Waals surface area contributed by atoms with Crippen LogP contribution in [-0.2, 0) is 4.79 Å². The zero-order valence-corrected chi connectivity index (χ0v) is 8.52. The lowest BCUT2D eigenvalue weighted by Gasteiger charge is -2.26. The van der Waals surface area contributed by atoms with Gasteiger partial charge in [0.1, 0.15) is 0 Å². The maximum absolute atomic E-state index is 10.8. The van der Waals surface area contributed by atoms with Crippen molar-refractivity contribution in [1.82, 2.24) is 4.90 Å². The van der Waals surface area contributed by atoms with Crippen LogP contribution < -0.4 is 11.5 Å². The van der Waals surface area contributed by atoms with Gasteiger partial charge in [0, 0.05) is 12.6 Å². The standard InChI is InChI=1S/C9H19N3O2/c1-6-2-3-12(8(6)5-13)4-7(10)9(11)14/h6-8,13H,2-5,10H2,1H3,(H2,11,14). The Morgan fingerprint density at radius 2 is 2.36 bits per heavy atom. The number of carbonyl (C=O) groups excluding carboxylic acids is 1. The molecule has 5 N–H and O–H groups in total. The number of nitrogens with two attached hydrogens (primary N) is 2. The van der Waals surface area contributed by atoms with Gasteiger partial charge in [-0.15, -0.1) is 0 Å². The molecule has 1 saturated heterocycles. The maximum atomic E-state index is 10.8.